The Morgan fingerprint density at radius 1 is 1.42 bits per heavy atom. The number of aromatic nitrogens is 2. The standard InChI is InChI=1S/C9H10N2S/c1-6-4-3-5-7-8(6)11(2)9(12)10-7/h3-5H,1-2H3,(H,10,12). The van der Waals surface area contributed by atoms with E-state index < -0.39 is 0 Å². The van der Waals surface area contributed by atoms with Crippen LogP contribution in [0.5, 0.6) is 0 Å². The second kappa shape index (κ2) is 2.45. The number of rotatable bonds is 0. The maximum absolute atomic E-state index is 5.12. The van der Waals surface area contributed by atoms with Gasteiger partial charge in [0.1, 0.15) is 0 Å². The van der Waals surface area contributed by atoms with Crippen LogP contribution < -0.4 is 0 Å². The summed E-state index contributed by atoms with van der Waals surface area (Å²) >= 11 is 5.12. The van der Waals surface area contributed by atoms with Crippen LogP contribution in [-0.2, 0) is 7.05 Å². The molecular weight excluding hydrogens is 168 g/mol. The highest BCUT2D eigenvalue weighted by atomic mass is 32.1. The van der Waals surface area contributed by atoms with Gasteiger partial charge in [-0.3, -0.25) is 0 Å². The molecule has 0 amide bonds. The van der Waals surface area contributed by atoms with Gasteiger partial charge in [-0.05, 0) is 30.8 Å². The molecular formula is C9H10N2S. The average Bonchev–Trinajstić information content (AvgIpc) is 2.29. The number of imidazole rings is 1. The van der Waals surface area contributed by atoms with Crippen molar-refractivity contribution in [3.63, 3.8) is 0 Å². The summed E-state index contributed by atoms with van der Waals surface area (Å²) in [5.74, 6) is 0. The molecule has 0 radical (unpaired) electrons. The first kappa shape index (κ1) is 7.55. The second-order valence-electron chi connectivity index (χ2n) is 2.96. The van der Waals surface area contributed by atoms with Crippen LogP contribution in [0.4, 0.5) is 0 Å². The zero-order valence-corrected chi connectivity index (χ0v) is 7.90. The summed E-state index contributed by atoms with van der Waals surface area (Å²) in [6.45, 7) is 2.09. The largest absolute Gasteiger partial charge is 0.331 e. The van der Waals surface area contributed by atoms with E-state index in [1.165, 1.54) is 11.1 Å². The topological polar surface area (TPSA) is 20.7 Å². The quantitative estimate of drug-likeness (QED) is 0.615. The molecule has 0 saturated carbocycles. The first-order valence-corrected chi connectivity index (χ1v) is 4.25. The molecule has 1 N–H and O–H groups in total. The summed E-state index contributed by atoms with van der Waals surface area (Å²) in [6.07, 6.45) is 0. The first-order valence-electron chi connectivity index (χ1n) is 3.84. The molecule has 3 heteroatoms. The lowest BCUT2D eigenvalue weighted by Crippen LogP contribution is -1.88. The van der Waals surface area contributed by atoms with Gasteiger partial charge in [0, 0.05) is 7.05 Å². The van der Waals surface area contributed by atoms with Gasteiger partial charge in [0.05, 0.1) is 11.0 Å². The predicted molar refractivity (Wildman–Crippen MR) is 52.8 cm³/mol. The molecule has 0 saturated heterocycles. The third-order valence-corrected chi connectivity index (χ3v) is 2.50. The van der Waals surface area contributed by atoms with Crippen LogP contribution in [0.2, 0.25) is 0 Å². The van der Waals surface area contributed by atoms with E-state index in [1.54, 1.807) is 0 Å². The maximum Gasteiger partial charge on any atom is 0.177 e. The molecule has 1 heterocycles. The van der Waals surface area contributed by atoms with Crippen molar-refractivity contribution in [3.05, 3.63) is 28.5 Å². The van der Waals surface area contributed by atoms with Crippen molar-refractivity contribution in [1.29, 1.82) is 0 Å². The number of nitrogens with one attached hydrogen (secondary N) is 1. The zero-order valence-electron chi connectivity index (χ0n) is 7.09. The highest BCUT2D eigenvalue weighted by Crippen LogP contribution is 2.16. The van der Waals surface area contributed by atoms with Crippen molar-refractivity contribution in [3.8, 4) is 0 Å². The highest BCUT2D eigenvalue weighted by molar-refractivity contribution is 7.71. The maximum atomic E-state index is 5.12. The smallest absolute Gasteiger partial charge is 0.177 e. The average molecular weight is 178 g/mol. The molecule has 62 valence electrons. The van der Waals surface area contributed by atoms with Gasteiger partial charge in [-0.25, -0.2) is 0 Å². The van der Waals surface area contributed by atoms with Crippen molar-refractivity contribution >= 4 is 23.3 Å². The molecule has 0 aliphatic heterocycles. The zero-order chi connectivity index (χ0) is 8.72. The fourth-order valence-corrected chi connectivity index (χ4v) is 1.71. The monoisotopic (exact) mass is 178 g/mol. The minimum absolute atomic E-state index is 0.777. The minimum Gasteiger partial charge on any atom is -0.331 e. The number of hydrogen-bond donors (Lipinski definition) is 1. The van der Waals surface area contributed by atoms with Crippen molar-refractivity contribution in [1.82, 2.24) is 9.55 Å². The van der Waals surface area contributed by atoms with Crippen LogP contribution in [0.25, 0.3) is 11.0 Å². The second-order valence-corrected chi connectivity index (χ2v) is 3.35. The summed E-state index contributed by atoms with van der Waals surface area (Å²) in [5, 5.41) is 0. The van der Waals surface area contributed by atoms with E-state index in [0.717, 1.165) is 10.3 Å². The minimum atomic E-state index is 0.777. The van der Waals surface area contributed by atoms with Crippen LogP contribution in [-0.4, -0.2) is 9.55 Å². The normalized spacial score (nSPS) is 10.8. The van der Waals surface area contributed by atoms with Crippen LogP contribution >= 0.6 is 12.2 Å². The van der Waals surface area contributed by atoms with Gasteiger partial charge in [-0.1, -0.05) is 12.1 Å². The van der Waals surface area contributed by atoms with Gasteiger partial charge in [0.2, 0.25) is 0 Å². The number of aryl methyl sites for hydroxylation is 2. The Balaban J connectivity index is 3.07. The van der Waals surface area contributed by atoms with Crippen molar-refractivity contribution < 1.29 is 0 Å². The molecule has 0 unspecified atom stereocenters. The third-order valence-electron chi connectivity index (χ3n) is 2.12. The molecule has 12 heavy (non-hydrogen) atoms. The van der Waals surface area contributed by atoms with Crippen LogP contribution in [0.15, 0.2) is 18.2 Å². The Bertz CT molecular complexity index is 479. The fourth-order valence-electron chi connectivity index (χ4n) is 1.51. The SMILES string of the molecule is Cc1cccc2[nH]c(=S)n(C)c12. The molecule has 2 rings (SSSR count). The highest BCUT2D eigenvalue weighted by Gasteiger charge is 2.01. The van der Waals surface area contributed by atoms with Gasteiger partial charge < -0.3 is 9.55 Å². The van der Waals surface area contributed by atoms with E-state index >= 15 is 0 Å². The molecule has 2 nitrogen and oxygen atoms in total. The van der Waals surface area contributed by atoms with Gasteiger partial charge >= 0.3 is 0 Å². The summed E-state index contributed by atoms with van der Waals surface area (Å²) in [4.78, 5) is 3.15. The van der Waals surface area contributed by atoms with Gasteiger partial charge in [0.25, 0.3) is 0 Å². The molecule has 0 bridgehead atoms. The summed E-state index contributed by atoms with van der Waals surface area (Å²) < 4.78 is 2.78. The van der Waals surface area contributed by atoms with Crippen LogP contribution in [0.3, 0.4) is 0 Å². The van der Waals surface area contributed by atoms with Crippen molar-refractivity contribution in [2.24, 2.45) is 7.05 Å². The third kappa shape index (κ3) is 0.898. The van der Waals surface area contributed by atoms with E-state index in [4.69, 9.17) is 12.2 Å². The lowest BCUT2D eigenvalue weighted by Gasteiger charge is -1.97. The Kier molecular flexibility index (Phi) is 1.54. The van der Waals surface area contributed by atoms with Crippen LogP contribution in [0.1, 0.15) is 5.56 Å². The molecule has 0 aliphatic carbocycles. The summed E-state index contributed by atoms with van der Waals surface area (Å²) in [7, 11) is 1.98. The number of nitrogens with zero attached hydrogens (tertiary/aromatic N) is 1. The Morgan fingerprint density at radius 3 is 2.83 bits per heavy atom. The van der Waals surface area contributed by atoms with Crippen molar-refractivity contribution in [2.45, 2.75) is 6.92 Å². The van der Waals surface area contributed by atoms with E-state index in [9.17, 15) is 0 Å². The van der Waals surface area contributed by atoms with Gasteiger partial charge in [-0.2, -0.15) is 0 Å². The fraction of sp³-hybridized carbons (Fsp3) is 0.222. The summed E-state index contributed by atoms with van der Waals surface area (Å²) in [5.41, 5.74) is 3.56. The molecule has 1 aromatic heterocycles. The number of para-hydroxylation sites is 1. The Morgan fingerprint density at radius 2 is 2.17 bits per heavy atom. The molecule has 0 atom stereocenters. The Labute approximate surface area is 75.8 Å². The van der Waals surface area contributed by atoms with E-state index in [0.29, 0.717) is 0 Å². The number of hydrogen-bond acceptors (Lipinski definition) is 1. The predicted octanol–water partition coefficient (Wildman–Crippen LogP) is 2.54. The van der Waals surface area contributed by atoms with Gasteiger partial charge in [0.15, 0.2) is 4.77 Å². The van der Waals surface area contributed by atoms with E-state index in [-0.39, 0.29) is 0 Å². The number of H-pyrrole nitrogens is 1. The number of benzene rings is 1. The molecule has 0 aliphatic rings. The van der Waals surface area contributed by atoms with Gasteiger partial charge in [-0.15, -0.1) is 0 Å². The van der Waals surface area contributed by atoms with Crippen molar-refractivity contribution in [2.75, 3.05) is 0 Å². The molecule has 2 aromatic rings. The molecule has 1 aromatic carbocycles. The molecule has 0 fully saturated rings. The number of aromatic amines is 1. The lowest BCUT2D eigenvalue weighted by atomic mass is 10.2. The first-order chi connectivity index (χ1) is 5.70. The lowest BCUT2D eigenvalue weighted by molar-refractivity contribution is 0.923. The van der Waals surface area contributed by atoms with Crippen LogP contribution in [0, 0.1) is 11.7 Å². The summed E-state index contributed by atoms with van der Waals surface area (Å²) in [6, 6.07) is 6.16. The van der Waals surface area contributed by atoms with E-state index in [1.807, 2.05) is 23.7 Å². The Hall–Kier alpha value is -1.09. The molecule has 0 spiro atoms. The van der Waals surface area contributed by atoms with E-state index in [2.05, 4.69) is 18.0 Å². The number of fused-ring (bicyclic) bond motifs is 1.